The highest BCUT2D eigenvalue weighted by Crippen LogP contribution is 2.40. The molecular weight excluding hydrogens is 697 g/mol. The summed E-state index contributed by atoms with van der Waals surface area (Å²) >= 11 is 0. The predicted molar refractivity (Wildman–Crippen MR) is 234 cm³/mol. The molecule has 0 atom stereocenters. The van der Waals surface area contributed by atoms with Crippen molar-refractivity contribution in [3.8, 4) is 45.0 Å². The molecule has 0 aliphatic rings. The molecule has 0 N–H and O–H groups in total. The Hall–Kier alpha value is -7.76. The molecule has 0 fully saturated rings. The Kier molecular flexibility index (Phi) is 6.86. The number of aromatic nitrogens is 4. The normalized spacial score (nSPS) is 11.9. The zero-order valence-electron chi connectivity index (χ0n) is 30.7. The zero-order chi connectivity index (χ0) is 37.5. The van der Waals surface area contributed by atoms with Crippen molar-refractivity contribution in [1.29, 1.82) is 0 Å². The van der Waals surface area contributed by atoms with Crippen molar-refractivity contribution >= 4 is 65.8 Å². The molecule has 0 radical (unpaired) electrons. The van der Waals surface area contributed by atoms with Crippen LogP contribution in [0.2, 0.25) is 0 Å². The number of benzene rings is 8. The molecule has 0 spiro atoms. The van der Waals surface area contributed by atoms with Crippen LogP contribution in [-0.4, -0.2) is 19.1 Å². The number of rotatable bonds is 5. The zero-order valence-corrected chi connectivity index (χ0v) is 30.7. The van der Waals surface area contributed by atoms with Gasteiger partial charge in [-0.3, -0.25) is 0 Å². The lowest BCUT2D eigenvalue weighted by Gasteiger charge is -2.10. The molecule has 0 bridgehead atoms. The summed E-state index contributed by atoms with van der Waals surface area (Å²) < 4.78 is 11.1. The van der Waals surface area contributed by atoms with Crippen molar-refractivity contribution in [3.63, 3.8) is 0 Å². The van der Waals surface area contributed by atoms with E-state index < -0.39 is 0 Å². The largest absolute Gasteiger partial charge is 0.436 e. The van der Waals surface area contributed by atoms with Crippen molar-refractivity contribution in [3.05, 3.63) is 194 Å². The summed E-state index contributed by atoms with van der Waals surface area (Å²) in [5.74, 6) is 0. The summed E-state index contributed by atoms with van der Waals surface area (Å²) in [5.41, 5.74) is 14.9. The monoisotopic (exact) mass is 728 g/mol. The number of furan rings is 1. The Balaban J connectivity index is 1.02. The van der Waals surface area contributed by atoms with Crippen molar-refractivity contribution in [2.24, 2.45) is 0 Å². The maximum absolute atomic E-state index is 6.42. The number of hydrogen-bond acceptors (Lipinski definition) is 3. The SMILES string of the molecule is c1ccc(-c2nc3oc4ccc(-n5c6ccccc6c6cc(-c7ccc8c(c7)c7ccccc7n8-c7ccccc7)ccc65)cc4c3nc2-c2ccccc2)cc1. The second kappa shape index (κ2) is 12.4. The van der Waals surface area contributed by atoms with Gasteiger partial charge in [0, 0.05) is 44.0 Å². The number of hydrogen-bond donors (Lipinski definition) is 0. The number of para-hydroxylation sites is 3. The van der Waals surface area contributed by atoms with Crippen LogP contribution >= 0.6 is 0 Å². The van der Waals surface area contributed by atoms with Gasteiger partial charge in [-0.25, -0.2) is 9.97 Å². The molecule has 8 aromatic carbocycles. The third kappa shape index (κ3) is 4.89. The van der Waals surface area contributed by atoms with E-state index in [2.05, 4.69) is 167 Å². The third-order valence-electron chi connectivity index (χ3n) is 11.3. The van der Waals surface area contributed by atoms with E-state index in [1.807, 2.05) is 36.4 Å². The topological polar surface area (TPSA) is 48.8 Å². The van der Waals surface area contributed by atoms with Gasteiger partial charge in [0.05, 0.1) is 33.1 Å². The highest BCUT2D eigenvalue weighted by Gasteiger charge is 2.20. The smallest absolute Gasteiger partial charge is 0.246 e. The molecule has 266 valence electrons. The van der Waals surface area contributed by atoms with Crippen LogP contribution in [0.1, 0.15) is 0 Å². The fraction of sp³-hybridized carbons (Fsp3) is 0. The molecule has 12 rings (SSSR count). The van der Waals surface area contributed by atoms with E-state index in [0.29, 0.717) is 5.71 Å². The second-order valence-electron chi connectivity index (χ2n) is 14.6. The molecule has 5 nitrogen and oxygen atoms in total. The summed E-state index contributed by atoms with van der Waals surface area (Å²) in [7, 11) is 0. The summed E-state index contributed by atoms with van der Waals surface area (Å²) in [6.07, 6.45) is 0. The van der Waals surface area contributed by atoms with Crippen molar-refractivity contribution < 1.29 is 4.42 Å². The lowest BCUT2D eigenvalue weighted by atomic mass is 10.0. The van der Waals surface area contributed by atoms with Crippen LogP contribution in [0, 0.1) is 0 Å². The Labute approximate surface area is 327 Å². The highest BCUT2D eigenvalue weighted by atomic mass is 16.3. The van der Waals surface area contributed by atoms with E-state index in [1.54, 1.807) is 0 Å². The average molecular weight is 729 g/mol. The summed E-state index contributed by atoms with van der Waals surface area (Å²) in [6, 6.07) is 68.6. The van der Waals surface area contributed by atoms with E-state index in [4.69, 9.17) is 14.4 Å². The van der Waals surface area contributed by atoms with Crippen LogP contribution in [0.4, 0.5) is 0 Å². The van der Waals surface area contributed by atoms with Crippen LogP contribution in [0.3, 0.4) is 0 Å². The van der Waals surface area contributed by atoms with Crippen molar-refractivity contribution in [1.82, 2.24) is 19.1 Å². The van der Waals surface area contributed by atoms with Gasteiger partial charge in [0.25, 0.3) is 0 Å². The molecule has 0 saturated heterocycles. The first kappa shape index (κ1) is 31.6. The van der Waals surface area contributed by atoms with Crippen LogP contribution in [0.5, 0.6) is 0 Å². The molecule has 0 aliphatic heterocycles. The lowest BCUT2D eigenvalue weighted by Crippen LogP contribution is -1.95. The minimum atomic E-state index is 0.524. The average Bonchev–Trinajstić information content (AvgIpc) is 3.93. The highest BCUT2D eigenvalue weighted by molar-refractivity contribution is 6.13. The van der Waals surface area contributed by atoms with E-state index in [-0.39, 0.29) is 0 Å². The van der Waals surface area contributed by atoms with E-state index in [1.165, 1.54) is 43.7 Å². The quantitative estimate of drug-likeness (QED) is 0.177. The standard InChI is InChI=1S/C52H32N4O/c1-4-14-33(15-5-1)49-50(34-16-6-2-7-17-34)54-52-51(53-49)43-32-38(26-29-48(43)57-52)56-45-23-13-11-21-40(45)42-31-36(25-28-47(42)56)35-24-27-46-41(30-35)39-20-10-12-22-44(39)55(46)37-18-8-3-9-19-37/h1-32H. The van der Waals surface area contributed by atoms with Gasteiger partial charge in [-0.1, -0.05) is 127 Å². The molecule has 0 aliphatic carbocycles. The van der Waals surface area contributed by atoms with Gasteiger partial charge in [-0.2, -0.15) is 0 Å². The van der Waals surface area contributed by atoms with Gasteiger partial charge < -0.3 is 13.6 Å². The van der Waals surface area contributed by atoms with Gasteiger partial charge in [0.2, 0.25) is 5.71 Å². The third-order valence-corrected chi connectivity index (χ3v) is 11.3. The first-order valence-corrected chi connectivity index (χ1v) is 19.2. The first-order chi connectivity index (χ1) is 28.3. The van der Waals surface area contributed by atoms with Gasteiger partial charge >= 0.3 is 0 Å². The Bertz CT molecular complexity index is 3510. The molecule has 0 amide bonds. The molecule has 12 aromatic rings. The fourth-order valence-electron chi connectivity index (χ4n) is 8.73. The Morgan fingerprint density at radius 2 is 0.825 bits per heavy atom. The predicted octanol–water partition coefficient (Wildman–Crippen LogP) is 13.6. The van der Waals surface area contributed by atoms with Crippen LogP contribution < -0.4 is 0 Å². The van der Waals surface area contributed by atoms with E-state index in [0.717, 1.165) is 61.4 Å². The summed E-state index contributed by atoms with van der Waals surface area (Å²) in [6.45, 7) is 0. The molecule has 57 heavy (non-hydrogen) atoms. The molecule has 4 heterocycles. The Morgan fingerprint density at radius 1 is 0.333 bits per heavy atom. The van der Waals surface area contributed by atoms with Gasteiger partial charge in [-0.15, -0.1) is 0 Å². The van der Waals surface area contributed by atoms with Gasteiger partial charge in [-0.05, 0) is 77.9 Å². The second-order valence-corrected chi connectivity index (χ2v) is 14.6. The molecule has 4 aromatic heterocycles. The van der Waals surface area contributed by atoms with Gasteiger partial charge in [0.1, 0.15) is 16.8 Å². The molecule has 0 unspecified atom stereocenters. The van der Waals surface area contributed by atoms with Crippen LogP contribution in [0.25, 0.3) is 111 Å². The molecule has 0 saturated carbocycles. The molecule has 5 heteroatoms. The fourth-order valence-corrected chi connectivity index (χ4v) is 8.73. The minimum absolute atomic E-state index is 0.524. The first-order valence-electron chi connectivity index (χ1n) is 19.2. The lowest BCUT2D eigenvalue weighted by molar-refractivity contribution is 0.653. The number of fused-ring (bicyclic) bond motifs is 9. The minimum Gasteiger partial charge on any atom is -0.436 e. The number of nitrogens with zero attached hydrogens (tertiary/aromatic N) is 4. The van der Waals surface area contributed by atoms with E-state index in [9.17, 15) is 0 Å². The van der Waals surface area contributed by atoms with Crippen molar-refractivity contribution in [2.75, 3.05) is 0 Å². The van der Waals surface area contributed by atoms with Crippen LogP contribution in [0.15, 0.2) is 199 Å². The maximum Gasteiger partial charge on any atom is 0.246 e. The van der Waals surface area contributed by atoms with Crippen molar-refractivity contribution in [2.45, 2.75) is 0 Å². The Morgan fingerprint density at radius 3 is 1.42 bits per heavy atom. The van der Waals surface area contributed by atoms with E-state index >= 15 is 0 Å². The summed E-state index contributed by atoms with van der Waals surface area (Å²) in [5, 5.41) is 5.81. The maximum atomic E-state index is 6.42. The van der Waals surface area contributed by atoms with Crippen LogP contribution in [-0.2, 0) is 0 Å². The molecular formula is C52H32N4O. The summed E-state index contributed by atoms with van der Waals surface area (Å²) in [4.78, 5) is 10.4. The van der Waals surface area contributed by atoms with Gasteiger partial charge in [0.15, 0.2) is 0 Å².